The molecule has 1 N–H and O–H groups in total. The SMILES string of the molecule is CNC(=O)Oc1ccc(Oc2ccccc2)cc1. The third-order valence-corrected chi connectivity index (χ3v) is 2.22. The van der Waals surface area contributed by atoms with Crippen molar-refractivity contribution >= 4 is 6.09 Å². The fourth-order valence-electron chi connectivity index (χ4n) is 1.36. The first-order chi connectivity index (χ1) is 8.78. The van der Waals surface area contributed by atoms with Crippen molar-refractivity contribution in [1.29, 1.82) is 0 Å². The summed E-state index contributed by atoms with van der Waals surface area (Å²) in [6, 6.07) is 16.3. The maximum Gasteiger partial charge on any atom is 0.412 e. The number of hydrogen-bond acceptors (Lipinski definition) is 3. The highest BCUT2D eigenvalue weighted by Gasteiger charge is 2.02. The van der Waals surface area contributed by atoms with Crippen molar-refractivity contribution in [2.45, 2.75) is 0 Å². The van der Waals surface area contributed by atoms with E-state index in [2.05, 4.69) is 5.32 Å². The van der Waals surface area contributed by atoms with Crippen molar-refractivity contribution in [2.75, 3.05) is 7.05 Å². The Balaban J connectivity index is 2.02. The average molecular weight is 243 g/mol. The van der Waals surface area contributed by atoms with Gasteiger partial charge in [0.15, 0.2) is 0 Å². The number of carbonyl (C=O) groups excluding carboxylic acids is 1. The van der Waals surface area contributed by atoms with Crippen molar-refractivity contribution in [1.82, 2.24) is 5.32 Å². The number of ether oxygens (including phenoxy) is 2. The Morgan fingerprint density at radius 1 is 0.889 bits per heavy atom. The highest BCUT2D eigenvalue weighted by Crippen LogP contribution is 2.23. The highest BCUT2D eigenvalue weighted by molar-refractivity contribution is 5.69. The Kier molecular flexibility index (Phi) is 3.81. The lowest BCUT2D eigenvalue weighted by molar-refractivity contribution is 0.203. The summed E-state index contributed by atoms with van der Waals surface area (Å²) in [5, 5.41) is 2.38. The zero-order valence-corrected chi connectivity index (χ0v) is 9.92. The number of hydrogen-bond donors (Lipinski definition) is 1. The van der Waals surface area contributed by atoms with E-state index in [0.29, 0.717) is 11.5 Å². The summed E-state index contributed by atoms with van der Waals surface area (Å²) in [7, 11) is 1.51. The van der Waals surface area contributed by atoms with E-state index in [1.54, 1.807) is 24.3 Å². The normalized spacial score (nSPS) is 9.61. The van der Waals surface area contributed by atoms with Gasteiger partial charge in [-0.1, -0.05) is 18.2 Å². The molecule has 0 aliphatic heterocycles. The minimum Gasteiger partial charge on any atom is -0.457 e. The van der Waals surface area contributed by atoms with Gasteiger partial charge in [-0.3, -0.25) is 0 Å². The van der Waals surface area contributed by atoms with Crippen LogP contribution in [0.3, 0.4) is 0 Å². The first-order valence-electron chi connectivity index (χ1n) is 5.50. The summed E-state index contributed by atoms with van der Waals surface area (Å²) in [5.41, 5.74) is 0. The lowest BCUT2D eigenvalue weighted by Gasteiger charge is -2.06. The molecule has 4 heteroatoms. The van der Waals surface area contributed by atoms with Gasteiger partial charge in [-0.05, 0) is 36.4 Å². The molecule has 2 rings (SSSR count). The Morgan fingerprint density at radius 2 is 1.44 bits per heavy atom. The van der Waals surface area contributed by atoms with Crippen LogP contribution < -0.4 is 14.8 Å². The molecule has 0 aliphatic rings. The second kappa shape index (κ2) is 5.72. The minimum atomic E-state index is -0.494. The molecule has 4 nitrogen and oxygen atoms in total. The van der Waals surface area contributed by atoms with E-state index < -0.39 is 6.09 Å². The van der Waals surface area contributed by atoms with Gasteiger partial charge >= 0.3 is 6.09 Å². The molecule has 0 saturated carbocycles. The molecular formula is C14H13NO3. The van der Waals surface area contributed by atoms with Crippen molar-refractivity contribution in [3.63, 3.8) is 0 Å². The van der Waals surface area contributed by atoms with Crippen LogP contribution in [-0.4, -0.2) is 13.1 Å². The second-order valence-corrected chi connectivity index (χ2v) is 3.53. The zero-order valence-electron chi connectivity index (χ0n) is 9.92. The molecule has 0 aromatic heterocycles. The summed E-state index contributed by atoms with van der Waals surface area (Å²) in [6.07, 6.45) is -0.494. The largest absolute Gasteiger partial charge is 0.457 e. The van der Waals surface area contributed by atoms with Crippen molar-refractivity contribution in [3.8, 4) is 17.2 Å². The van der Waals surface area contributed by atoms with Crippen LogP contribution in [0.25, 0.3) is 0 Å². The van der Waals surface area contributed by atoms with E-state index in [1.165, 1.54) is 7.05 Å². The number of amides is 1. The van der Waals surface area contributed by atoms with Gasteiger partial charge in [0, 0.05) is 7.05 Å². The second-order valence-electron chi connectivity index (χ2n) is 3.53. The van der Waals surface area contributed by atoms with Gasteiger partial charge in [-0.15, -0.1) is 0 Å². The van der Waals surface area contributed by atoms with E-state index in [4.69, 9.17) is 9.47 Å². The molecule has 18 heavy (non-hydrogen) atoms. The molecule has 0 fully saturated rings. The summed E-state index contributed by atoms with van der Waals surface area (Å²) in [6.45, 7) is 0. The molecule has 0 unspecified atom stereocenters. The first kappa shape index (κ1) is 12.0. The van der Waals surface area contributed by atoms with Crippen LogP contribution in [0, 0.1) is 0 Å². The molecule has 2 aromatic carbocycles. The fourth-order valence-corrected chi connectivity index (χ4v) is 1.36. The van der Waals surface area contributed by atoms with Gasteiger partial charge in [0.1, 0.15) is 17.2 Å². The van der Waals surface area contributed by atoms with Crippen LogP contribution in [-0.2, 0) is 0 Å². The van der Waals surface area contributed by atoms with Crippen LogP contribution in [0.15, 0.2) is 54.6 Å². The molecular weight excluding hydrogens is 230 g/mol. The Morgan fingerprint density at radius 3 is 2.06 bits per heavy atom. The summed E-state index contributed by atoms with van der Waals surface area (Å²) in [5.74, 6) is 1.91. The third kappa shape index (κ3) is 3.25. The molecule has 0 saturated heterocycles. The van der Waals surface area contributed by atoms with Crippen LogP contribution in [0.5, 0.6) is 17.2 Å². The minimum absolute atomic E-state index is 0.467. The van der Waals surface area contributed by atoms with E-state index in [9.17, 15) is 4.79 Å². The number of nitrogens with one attached hydrogen (secondary N) is 1. The molecule has 1 amide bonds. The van der Waals surface area contributed by atoms with Gasteiger partial charge in [0.2, 0.25) is 0 Å². The average Bonchev–Trinajstić information content (AvgIpc) is 2.42. The lowest BCUT2D eigenvalue weighted by atomic mass is 10.3. The van der Waals surface area contributed by atoms with Crippen LogP contribution in [0.1, 0.15) is 0 Å². The molecule has 0 atom stereocenters. The van der Waals surface area contributed by atoms with Gasteiger partial charge in [0.05, 0.1) is 0 Å². The summed E-state index contributed by atoms with van der Waals surface area (Å²) >= 11 is 0. The Bertz CT molecular complexity index is 508. The fraction of sp³-hybridized carbons (Fsp3) is 0.0714. The summed E-state index contributed by atoms with van der Waals surface area (Å²) in [4.78, 5) is 11.0. The van der Waals surface area contributed by atoms with Gasteiger partial charge < -0.3 is 14.8 Å². The van der Waals surface area contributed by atoms with Crippen LogP contribution >= 0.6 is 0 Å². The molecule has 0 bridgehead atoms. The molecule has 0 aliphatic carbocycles. The number of para-hydroxylation sites is 1. The van der Waals surface area contributed by atoms with E-state index in [0.717, 1.165) is 5.75 Å². The predicted molar refractivity (Wildman–Crippen MR) is 68.0 cm³/mol. The zero-order chi connectivity index (χ0) is 12.8. The Labute approximate surface area is 105 Å². The monoisotopic (exact) mass is 243 g/mol. The van der Waals surface area contributed by atoms with Crippen molar-refractivity contribution < 1.29 is 14.3 Å². The number of benzene rings is 2. The van der Waals surface area contributed by atoms with Crippen LogP contribution in [0.2, 0.25) is 0 Å². The molecule has 2 aromatic rings. The predicted octanol–water partition coefficient (Wildman–Crippen LogP) is 3.20. The van der Waals surface area contributed by atoms with Crippen LogP contribution in [0.4, 0.5) is 4.79 Å². The molecule has 92 valence electrons. The standard InChI is InChI=1S/C14H13NO3/c1-15-14(16)18-13-9-7-12(8-10-13)17-11-5-3-2-4-6-11/h2-10H,1H3,(H,15,16). The van der Waals surface area contributed by atoms with Crippen molar-refractivity contribution in [2.24, 2.45) is 0 Å². The molecule has 0 radical (unpaired) electrons. The van der Waals surface area contributed by atoms with Gasteiger partial charge in [-0.2, -0.15) is 0 Å². The number of carbonyl (C=O) groups is 1. The maximum absolute atomic E-state index is 11.0. The Hall–Kier alpha value is -2.49. The lowest BCUT2D eigenvalue weighted by Crippen LogP contribution is -2.21. The first-order valence-corrected chi connectivity index (χ1v) is 5.50. The molecule has 0 heterocycles. The highest BCUT2D eigenvalue weighted by atomic mass is 16.6. The third-order valence-electron chi connectivity index (χ3n) is 2.22. The van der Waals surface area contributed by atoms with Gasteiger partial charge in [-0.25, -0.2) is 4.79 Å². The van der Waals surface area contributed by atoms with Gasteiger partial charge in [0.25, 0.3) is 0 Å². The quantitative estimate of drug-likeness (QED) is 0.900. The number of rotatable bonds is 3. The van der Waals surface area contributed by atoms with E-state index >= 15 is 0 Å². The van der Waals surface area contributed by atoms with Crippen molar-refractivity contribution in [3.05, 3.63) is 54.6 Å². The van der Waals surface area contributed by atoms with E-state index in [1.807, 2.05) is 30.3 Å². The summed E-state index contributed by atoms with van der Waals surface area (Å²) < 4.78 is 10.6. The smallest absolute Gasteiger partial charge is 0.412 e. The topological polar surface area (TPSA) is 47.6 Å². The maximum atomic E-state index is 11.0. The molecule has 0 spiro atoms. The van der Waals surface area contributed by atoms with E-state index in [-0.39, 0.29) is 0 Å².